The van der Waals surface area contributed by atoms with Crippen molar-refractivity contribution in [1.82, 2.24) is 4.98 Å². The van der Waals surface area contributed by atoms with E-state index in [2.05, 4.69) is 20.9 Å². The Morgan fingerprint density at radius 1 is 1.41 bits per heavy atom. The molecule has 0 fully saturated rings. The van der Waals surface area contributed by atoms with E-state index in [1.54, 1.807) is 0 Å². The summed E-state index contributed by atoms with van der Waals surface area (Å²) in [4.78, 5) is 2.91. The Morgan fingerprint density at radius 3 is 2.35 bits per heavy atom. The Morgan fingerprint density at radius 2 is 2.00 bits per heavy atom. The SMILES string of the molecule is N#Cc1cc(CBr)c(C(F)F)c(C(F)(F)F)n1. The van der Waals surface area contributed by atoms with E-state index in [0.717, 1.165) is 6.07 Å². The Balaban J connectivity index is 3.60. The van der Waals surface area contributed by atoms with Gasteiger partial charge in [-0.2, -0.15) is 18.4 Å². The zero-order valence-corrected chi connectivity index (χ0v) is 9.61. The van der Waals surface area contributed by atoms with Crippen LogP contribution < -0.4 is 0 Å². The van der Waals surface area contributed by atoms with E-state index in [4.69, 9.17) is 5.26 Å². The summed E-state index contributed by atoms with van der Waals surface area (Å²) in [5.74, 6) is 0. The van der Waals surface area contributed by atoms with Gasteiger partial charge >= 0.3 is 6.18 Å². The molecule has 2 nitrogen and oxygen atoms in total. The van der Waals surface area contributed by atoms with E-state index in [-0.39, 0.29) is 10.9 Å². The molecule has 0 atom stereocenters. The van der Waals surface area contributed by atoms with Crippen LogP contribution in [-0.2, 0) is 11.5 Å². The zero-order valence-electron chi connectivity index (χ0n) is 8.02. The molecule has 0 radical (unpaired) electrons. The lowest BCUT2D eigenvalue weighted by Gasteiger charge is -2.14. The van der Waals surface area contributed by atoms with Gasteiger partial charge in [-0.15, -0.1) is 0 Å². The average Bonchev–Trinajstić information content (AvgIpc) is 2.25. The van der Waals surface area contributed by atoms with Crippen LogP contribution in [0.1, 0.15) is 28.9 Å². The number of aromatic nitrogens is 1. The summed E-state index contributed by atoms with van der Waals surface area (Å²) in [5, 5.41) is 8.28. The molecule has 0 bridgehead atoms. The molecule has 8 heteroatoms. The monoisotopic (exact) mass is 314 g/mol. The van der Waals surface area contributed by atoms with E-state index in [1.165, 1.54) is 6.07 Å². The van der Waals surface area contributed by atoms with Gasteiger partial charge in [0, 0.05) is 5.33 Å². The van der Waals surface area contributed by atoms with Gasteiger partial charge in [0.15, 0.2) is 5.69 Å². The van der Waals surface area contributed by atoms with Crippen LogP contribution in [0.3, 0.4) is 0 Å². The van der Waals surface area contributed by atoms with Gasteiger partial charge in [0.25, 0.3) is 6.43 Å². The first kappa shape index (κ1) is 13.8. The highest BCUT2D eigenvalue weighted by molar-refractivity contribution is 9.08. The van der Waals surface area contributed by atoms with E-state index < -0.39 is 29.6 Å². The second-order valence-corrected chi connectivity index (χ2v) is 3.53. The van der Waals surface area contributed by atoms with Crippen LogP contribution in [0.5, 0.6) is 0 Å². The van der Waals surface area contributed by atoms with Crippen molar-refractivity contribution in [3.05, 3.63) is 28.6 Å². The summed E-state index contributed by atoms with van der Waals surface area (Å²) in [6.07, 6.45) is -8.32. The predicted molar refractivity (Wildman–Crippen MR) is 51.5 cm³/mol. The lowest BCUT2D eigenvalue weighted by atomic mass is 10.1. The van der Waals surface area contributed by atoms with Crippen LogP contribution in [-0.4, -0.2) is 4.98 Å². The van der Waals surface area contributed by atoms with Crippen LogP contribution >= 0.6 is 15.9 Å². The highest BCUT2D eigenvalue weighted by atomic mass is 79.9. The van der Waals surface area contributed by atoms with Crippen LogP contribution in [0, 0.1) is 11.3 Å². The first-order valence-electron chi connectivity index (χ1n) is 4.16. The molecule has 0 saturated carbocycles. The summed E-state index contributed by atoms with van der Waals surface area (Å²) in [6, 6.07) is 2.31. The first-order chi connectivity index (χ1) is 7.81. The minimum Gasteiger partial charge on any atom is -0.232 e. The zero-order chi connectivity index (χ0) is 13.2. The molecular formula is C9H4BrF5N2. The molecule has 1 aromatic heterocycles. The number of rotatable bonds is 2. The van der Waals surface area contributed by atoms with Gasteiger partial charge in [0.2, 0.25) is 0 Å². The van der Waals surface area contributed by atoms with Crippen LogP contribution in [0.2, 0.25) is 0 Å². The van der Waals surface area contributed by atoms with Gasteiger partial charge in [-0.05, 0) is 11.6 Å². The van der Waals surface area contributed by atoms with Crippen molar-refractivity contribution < 1.29 is 22.0 Å². The third-order valence-corrected chi connectivity index (χ3v) is 2.49. The molecule has 0 amide bonds. The highest BCUT2D eigenvalue weighted by Crippen LogP contribution is 2.37. The second kappa shape index (κ2) is 4.96. The van der Waals surface area contributed by atoms with Gasteiger partial charge < -0.3 is 0 Å². The van der Waals surface area contributed by atoms with Gasteiger partial charge in [-0.3, -0.25) is 0 Å². The Labute approximate surface area is 101 Å². The maximum Gasteiger partial charge on any atom is 0.433 e. The Kier molecular flexibility index (Phi) is 4.03. The predicted octanol–water partition coefficient (Wildman–Crippen LogP) is 3.80. The minimum atomic E-state index is -5.02. The van der Waals surface area contributed by atoms with Crippen molar-refractivity contribution in [2.45, 2.75) is 17.9 Å². The molecule has 0 aliphatic rings. The van der Waals surface area contributed by atoms with Crippen LogP contribution in [0.15, 0.2) is 6.07 Å². The van der Waals surface area contributed by atoms with Crippen molar-refractivity contribution in [3.8, 4) is 6.07 Å². The van der Waals surface area contributed by atoms with E-state index in [9.17, 15) is 22.0 Å². The van der Waals surface area contributed by atoms with E-state index >= 15 is 0 Å². The van der Waals surface area contributed by atoms with Gasteiger partial charge in [0.05, 0.1) is 5.56 Å². The maximum absolute atomic E-state index is 12.6. The Bertz CT molecular complexity index is 464. The molecule has 0 spiro atoms. The second-order valence-electron chi connectivity index (χ2n) is 2.97. The van der Waals surface area contributed by atoms with Crippen molar-refractivity contribution in [2.24, 2.45) is 0 Å². The fourth-order valence-electron chi connectivity index (χ4n) is 1.24. The standard InChI is InChI=1S/C9H4BrF5N2/c10-2-4-1-5(3-16)17-7(9(13,14)15)6(4)8(11)12/h1,8H,2H2. The fraction of sp³-hybridized carbons (Fsp3) is 0.333. The number of pyridine rings is 1. The molecule has 0 aliphatic heterocycles. The summed E-state index contributed by atoms with van der Waals surface area (Å²) in [6.45, 7) is 0. The minimum absolute atomic E-state index is 0.215. The molecule has 1 aromatic rings. The molecule has 92 valence electrons. The van der Waals surface area contributed by atoms with Crippen molar-refractivity contribution >= 4 is 15.9 Å². The van der Waals surface area contributed by atoms with Crippen molar-refractivity contribution in [3.63, 3.8) is 0 Å². The average molecular weight is 315 g/mol. The largest absolute Gasteiger partial charge is 0.433 e. The summed E-state index contributed by atoms with van der Waals surface area (Å²) < 4.78 is 62.8. The molecule has 17 heavy (non-hydrogen) atoms. The van der Waals surface area contributed by atoms with Crippen LogP contribution in [0.25, 0.3) is 0 Å². The number of alkyl halides is 6. The van der Waals surface area contributed by atoms with E-state index in [0.29, 0.717) is 0 Å². The van der Waals surface area contributed by atoms with Gasteiger partial charge in [0.1, 0.15) is 11.8 Å². The molecule has 0 N–H and O–H groups in total. The maximum atomic E-state index is 12.6. The van der Waals surface area contributed by atoms with Crippen molar-refractivity contribution in [1.29, 1.82) is 5.26 Å². The lowest BCUT2D eigenvalue weighted by molar-refractivity contribution is -0.143. The third kappa shape index (κ3) is 2.91. The normalized spacial score (nSPS) is 11.6. The quantitative estimate of drug-likeness (QED) is 0.615. The van der Waals surface area contributed by atoms with E-state index in [1.807, 2.05) is 0 Å². The number of halogens is 6. The molecule has 0 aliphatic carbocycles. The number of hydrogen-bond acceptors (Lipinski definition) is 2. The number of hydrogen-bond donors (Lipinski definition) is 0. The Hall–Kier alpha value is -1.23. The van der Waals surface area contributed by atoms with Gasteiger partial charge in [-0.1, -0.05) is 15.9 Å². The first-order valence-corrected chi connectivity index (χ1v) is 5.28. The molecule has 1 rings (SSSR count). The molecular weight excluding hydrogens is 311 g/mol. The highest BCUT2D eigenvalue weighted by Gasteiger charge is 2.39. The number of nitriles is 1. The summed E-state index contributed by atoms with van der Waals surface area (Å²) in [7, 11) is 0. The molecule has 0 saturated heterocycles. The fourth-order valence-corrected chi connectivity index (χ4v) is 1.70. The third-order valence-electron chi connectivity index (χ3n) is 1.89. The summed E-state index contributed by atoms with van der Waals surface area (Å²) >= 11 is 2.80. The molecule has 0 aromatic carbocycles. The lowest BCUT2D eigenvalue weighted by Crippen LogP contribution is -2.15. The summed E-state index contributed by atoms with van der Waals surface area (Å²) in [5.41, 5.74) is -3.73. The molecule has 0 unspecified atom stereocenters. The smallest absolute Gasteiger partial charge is 0.232 e. The topological polar surface area (TPSA) is 36.7 Å². The molecule has 1 heterocycles. The number of nitrogens with zero attached hydrogens (tertiary/aromatic N) is 2. The van der Waals surface area contributed by atoms with Crippen molar-refractivity contribution in [2.75, 3.05) is 0 Å². The van der Waals surface area contributed by atoms with Gasteiger partial charge in [-0.25, -0.2) is 13.8 Å². The van der Waals surface area contributed by atoms with Crippen LogP contribution in [0.4, 0.5) is 22.0 Å².